The minimum absolute atomic E-state index is 0.128. The Hall–Kier alpha value is -0.160. The van der Waals surface area contributed by atoms with Crippen molar-refractivity contribution in [1.82, 2.24) is 0 Å². The van der Waals surface area contributed by atoms with E-state index in [1.165, 1.54) is 0 Å². The monoisotopic (exact) mass is 190 g/mol. The Labute approximate surface area is 78.1 Å². The van der Waals surface area contributed by atoms with Gasteiger partial charge in [0.15, 0.2) is 0 Å². The smallest absolute Gasteiger partial charge is 0.216 e. The molecule has 4 heteroatoms. The highest BCUT2D eigenvalue weighted by molar-refractivity contribution is 4.94. The molecule has 4 nitrogen and oxygen atoms in total. The van der Waals surface area contributed by atoms with Gasteiger partial charge in [-0.05, 0) is 12.8 Å². The highest BCUT2D eigenvalue weighted by Crippen LogP contribution is 2.37. The Bertz CT molecular complexity index is 182. The van der Waals surface area contributed by atoms with Gasteiger partial charge in [-0.3, -0.25) is 0 Å². The van der Waals surface area contributed by atoms with Crippen LogP contribution in [0.5, 0.6) is 0 Å². The van der Waals surface area contributed by atoms with Gasteiger partial charge in [0.1, 0.15) is 6.10 Å². The molecule has 1 aliphatic heterocycles. The minimum atomic E-state index is -1.77. The summed E-state index contributed by atoms with van der Waals surface area (Å²) in [4.78, 5) is 0. The van der Waals surface area contributed by atoms with E-state index in [4.69, 9.17) is 9.84 Å². The Balaban J connectivity index is 2.81. The van der Waals surface area contributed by atoms with Crippen molar-refractivity contribution < 1.29 is 20.1 Å². The lowest BCUT2D eigenvalue weighted by molar-refractivity contribution is -0.243. The van der Waals surface area contributed by atoms with E-state index in [2.05, 4.69) is 0 Å². The van der Waals surface area contributed by atoms with E-state index in [-0.39, 0.29) is 17.9 Å². The maximum Gasteiger partial charge on any atom is 0.216 e. The molecule has 0 aromatic rings. The highest BCUT2D eigenvalue weighted by atomic mass is 16.7. The summed E-state index contributed by atoms with van der Waals surface area (Å²) in [5, 5.41) is 28.2. The van der Waals surface area contributed by atoms with Gasteiger partial charge in [-0.25, -0.2) is 0 Å². The second-order valence-electron chi connectivity index (χ2n) is 4.09. The molecule has 13 heavy (non-hydrogen) atoms. The fraction of sp³-hybridized carbons (Fsp3) is 1.00. The summed E-state index contributed by atoms with van der Waals surface area (Å²) < 4.78 is 5.14. The molecule has 1 saturated heterocycles. The topological polar surface area (TPSA) is 69.9 Å². The van der Waals surface area contributed by atoms with Crippen LogP contribution >= 0.6 is 0 Å². The van der Waals surface area contributed by atoms with Crippen LogP contribution in [0.4, 0.5) is 0 Å². The van der Waals surface area contributed by atoms with E-state index in [9.17, 15) is 10.2 Å². The molecule has 0 bridgehead atoms. The molecule has 1 rings (SSSR count). The fourth-order valence-electron chi connectivity index (χ4n) is 2.07. The van der Waals surface area contributed by atoms with E-state index in [1.54, 1.807) is 6.92 Å². The van der Waals surface area contributed by atoms with Gasteiger partial charge in [-0.15, -0.1) is 0 Å². The average Bonchev–Trinajstić information content (AvgIpc) is 2.24. The molecule has 0 saturated carbocycles. The standard InChI is InChI=1S/C9H18O4/c1-5(2)7-6(3)13-9(12,4-10)8(7)11/h5-8,10-12H,4H2,1-3H3/t6-,7-,8+,9?/m1/s1. The number of hydrogen-bond donors (Lipinski definition) is 3. The van der Waals surface area contributed by atoms with Crippen LogP contribution in [0, 0.1) is 11.8 Å². The summed E-state index contributed by atoms with van der Waals surface area (Å²) in [6.45, 7) is 5.14. The lowest BCUT2D eigenvalue weighted by Gasteiger charge is -2.25. The minimum Gasteiger partial charge on any atom is -0.391 e. The Morgan fingerprint density at radius 3 is 2.23 bits per heavy atom. The van der Waals surface area contributed by atoms with Crippen molar-refractivity contribution >= 4 is 0 Å². The predicted molar refractivity (Wildman–Crippen MR) is 46.9 cm³/mol. The zero-order valence-electron chi connectivity index (χ0n) is 8.27. The summed E-state index contributed by atoms with van der Waals surface area (Å²) in [5.41, 5.74) is 0. The molecular weight excluding hydrogens is 172 g/mol. The molecule has 0 amide bonds. The summed E-state index contributed by atoms with van der Waals surface area (Å²) in [7, 11) is 0. The molecule has 0 aromatic carbocycles. The Morgan fingerprint density at radius 2 is 2.00 bits per heavy atom. The molecule has 4 atom stereocenters. The Kier molecular flexibility index (Phi) is 2.97. The van der Waals surface area contributed by atoms with Crippen LogP contribution in [0.25, 0.3) is 0 Å². The van der Waals surface area contributed by atoms with Crippen molar-refractivity contribution in [2.45, 2.75) is 38.8 Å². The molecule has 0 spiro atoms. The van der Waals surface area contributed by atoms with Gasteiger partial charge >= 0.3 is 0 Å². The lowest BCUT2D eigenvalue weighted by atomic mass is 9.85. The molecule has 1 aliphatic rings. The van der Waals surface area contributed by atoms with Crippen LogP contribution in [0.2, 0.25) is 0 Å². The molecule has 0 aliphatic carbocycles. The molecule has 78 valence electrons. The zero-order valence-corrected chi connectivity index (χ0v) is 8.27. The van der Waals surface area contributed by atoms with Crippen LogP contribution in [0.1, 0.15) is 20.8 Å². The van der Waals surface area contributed by atoms with Crippen molar-refractivity contribution in [2.75, 3.05) is 6.61 Å². The molecule has 0 radical (unpaired) electrons. The summed E-state index contributed by atoms with van der Waals surface area (Å²) >= 11 is 0. The maximum absolute atomic E-state index is 9.71. The van der Waals surface area contributed by atoms with Crippen molar-refractivity contribution in [3.63, 3.8) is 0 Å². The Morgan fingerprint density at radius 1 is 1.46 bits per heavy atom. The van der Waals surface area contributed by atoms with Gasteiger partial charge < -0.3 is 20.1 Å². The quantitative estimate of drug-likeness (QED) is 0.560. The third kappa shape index (κ3) is 1.72. The first kappa shape index (κ1) is 10.9. The summed E-state index contributed by atoms with van der Waals surface area (Å²) in [5.74, 6) is -1.68. The molecule has 1 heterocycles. The van der Waals surface area contributed by atoms with Crippen molar-refractivity contribution in [2.24, 2.45) is 11.8 Å². The van der Waals surface area contributed by atoms with Crippen LogP contribution in [0.3, 0.4) is 0 Å². The van der Waals surface area contributed by atoms with Crippen LogP contribution in [-0.2, 0) is 4.74 Å². The first-order valence-electron chi connectivity index (χ1n) is 4.61. The predicted octanol–water partition coefficient (Wildman–Crippen LogP) is -0.281. The number of ether oxygens (including phenoxy) is 1. The number of rotatable bonds is 2. The van der Waals surface area contributed by atoms with Crippen LogP contribution in [0.15, 0.2) is 0 Å². The zero-order chi connectivity index (χ0) is 10.2. The van der Waals surface area contributed by atoms with E-state index in [0.717, 1.165) is 0 Å². The van der Waals surface area contributed by atoms with Crippen molar-refractivity contribution in [3.05, 3.63) is 0 Å². The largest absolute Gasteiger partial charge is 0.391 e. The first-order valence-corrected chi connectivity index (χ1v) is 4.61. The van der Waals surface area contributed by atoms with Gasteiger partial charge in [-0.2, -0.15) is 0 Å². The number of aliphatic hydroxyl groups excluding tert-OH is 2. The van der Waals surface area contributed by atoms with Gasteiger partial charge in [0.05, 0.1) is 12.7 Å². The number of aliphatic hydroxyl groups is 3. The molecule has 1 fully saturated rings. The van der Waals surface area contributed by atoms with Gasteiger partial charge in [0.25, 0.3) is 0 Å². The third-order valence-electron chi connectivity index (χ3n) is 2.76. The third-order valence-corrected chi connectivity index (χ3v) is 2.76. The average molecular weight is 190 g/mol. The maximum atomic E-state index is 9.71. The lowest BCUT2D eigenvalue weighted by Crippen LogP contribution is -2.45. The van der Waals surface area contributed by atoms with E-state index in [1.807, 2.05) is 13.8 Å². The second kappa shape index (κ2) is 3.53. The SMILES string of the molecule is CC(C)[C@@H]1[C@@H](C)OC(O)(CO)[C@H]1O. The first-order chi connectivity index (χ1) is 5.92. The van der Waals surface area contributed by atoms with E-state index >= 15 is 0 Å². The van der Waals surface area contributed by atoms with Crippen LogP contribution < -0.4 is 0 Å². The van der Waals surface area contributed by atoms with Crippen LogP contribution in [-0.4, -0.2) is 39.9 Å². The normalized spacial score (nSPS) is 45.9. The molecular formula is C9H18O4. The molecule has 0 aromatic heterocycles. The fourth-order valence-corrected chi connectivity index (χ4v) is 2.07. The highest BCUT2D eigenvalue weighted by Gasteiger charge is 2.52. The second-order valence-corrected chi connectivity index (χ2v) is 4.09. The van der Waals surface area contributed by atoms with Crippen molar-refractivity contribution in [3.8, 4) is 0 Å². The molecule has 3 N–H and O–H groups in total. The number of hydrogen-bond acceptors (Lipinski definition) is 4. The van der Waals surface area contributed by atoms with Crippen molar-refractivity contribution in [1.29, 1.82) is 0 Å². The summed E-state index contributed by atoms with van der Waals surface area (Å²) in [6.07, 6.45) is -1.24. The van der Waals surface area contributed by atoms with Gasteiger partial charge in [0.2, 0.25) is 5.79 Å². The van der Waals surface area contributed by atoms with E-state index in [0.29, 0.717) is 0 Å². The van der Waals surface area contributed by atoms with E-state index < -0.39 is 18.5 Å². The molecule has 1 unspecified atom stereocenters. The summed E-state index contributed by atoms with van der Waals surface area (Å²) in [6, 6.07) is 0. The van der Waals surface area contributed by atoms with Gasteiger partial charge in [0, 0.05) is 5.92 Å². The van der Waals surface area contributed by atoms with Gasteiger partial charge in [-0.1, -0.05) is 13.8 Å².